The molecule has 1 aliphatic rings. The molecule has 1 aromatic carbocycles. The predicted octanol–water partition coefficient (Wildman–Crippen LogP) is 0.805. The van der Waals surface area contributed by atoms with Crippen LogP contribution >= 0.6 is 0 Å². The molecule has 2 aromatic rings. The van der Waals surface area contributed by atoms with Gasteiger partial charge >= 0.3 is 0 Å². The third-order valence-electron chi connectivity index (χ3n) is 4.41. The van der Waals surface area contributed by atoms with Gasteiger partial charge < -0.3 is 10.6 Å². The van der Waals surface area contributed by atoms with Crippen LogP contribution in [-0.4, -0.2) is 60.7 Å². The molecule has 0 aliphatic carbocycles. The molecule has 1 amide bonds. The summed E-state index contributed by atoms with van der Waals surface area (Å²) < 4.78 is 27.7. The number of amides is 1. The Hall–Kier alpha value is -2.03. The Morgan fingerprint density at radius 3 is 2.76 bits per heavy atom. The molecule has 2 heterocycles. The van der Waals surface area contributed by atoms with Crippen molar-refractivity contribution in [2.75, 3.05) is 26.2 Å². The molecule has 2 N–H and O–H groups in total. The topological polar surface area (TPSA) is 96.6 Å². The number of hydrogen-bond donors (Lipinski definition) is 1. The van der Waals surface area contributed by atoms with Gasteiger partial charge in [-0.2, -0.15) is 4.31 Å². The van der Waals surface area contributed by atoms with Gasteiger partial charge in [0.2, 0.25) is 15.9 Å². The summed E-state index contributed by atoms with van der Waals surface area (Å²) in [5.74, 6) is -0.143. The van der Waals surface area contributed by atoms with Crippen LogP contribution in [0.2, 0.25) is 0 Å². The molecule has 0 saturated carbocycles. The van der Waals surface area contributed by atoms with E-state index in [9.17, 15) is 13.2 Å². The fraction of sp³-hybridized carbons (Fsp3) is 0.412. The maximum absolute atomic E-state index is 13.1. The summed E-state index contributed by atoms with van der Waals surface area (Å²) in [6.45, 7) is 3.17. The first-order chi connectivity index (χ1) is 11.9. The van der Waals surface area contributed by atoms with Crippen molar-refractivity contribution >= 4 is 26.7 Å². The van der Waals surface area contributed by atoms with Crippen LogP contribution in [0.4, 0.5) is 0 Å². The minimum Gasteiger partial charge on any atom is -0.340 e. The van der Waals surface area contributed by atoms with E-state index in [-0.39, 0.29) is 17.3 Å². The number of hydrogen-bond acceptors (Lipinski definition) is 5. The Morgan fingerprint density at radius 1 is 1.20 bits per heavy atom. The minimum atomic E-state index is -3.65. The summed E-state index contributed by atoms with van der Waals surface area (Å²) >= 11 is 0. The lowest BCUT2D eigenvalue weighted by atomic mass is 10.2. The van der Waals surface area contributed by atoms with Crippen LogP contribution < -0.4 is 5.73 Å². The highest BCUT2D eigenvalue weighted by molar-refractivity contribution is 7.89. The van der Waals surface area contributed by atoms with Gasteiger partial charge in [0, 0.05) is 49.3 Å². The molecule has 8 heteroatoms. The average Bonchev–Trinajstić information content (AvgIpc) is 2.87. The van der Waals surface area contributed by atoms with Gasteiger partial charge in [0.1, 0.15) is 0 Å². The van der Waals surface area contributed by atoms with Crippen molar-refractivity contribution in [2.24, 2.45) is 5.73 Å². The maximum atomic E-state index is 13.1. The molecule has 25 heavy (non-hydrogen) atoms. The Bertz CT molecular complexity index is 877. The first kappa shape index (κ1) is 17.8. The smallest absolute Gasteiger partial charge is 0.243 e. The zero-order chi connectivity index (χ0) is 18.0. The molecular weight excluding hydrogens is 340 g/mol. The summed E-state index contributed by atoms with van der Waals surface area (Å²) in [6, 6.07) is 6.32. The Balaban J connectivity index is 1.89. The van der Waals surface area contributed by atoms with Crippen molar-refractivity contribution < 1.29 is 13.2 Å². The third kappa shape index (κ3) is 3.51. The number of carbonyl (C=O) groups is 1. The molecule has 1 fully saturated rings. The summed E-state index contributed by atoms with van der Waals surface area (Å²) in [4.78, 5) is 18.0. The number of sulfonamides is 1. The summed E-state index contributed by atoms with van der Waals surface area (Å²) in [6.07, 6.45) is 3.83. The van der Waals surface area contributed by atoms with Crippen molar-refractivity contribution in [2.45, 2.75) is 24.3 Å². The van der Waals surface area contributed by atoms with Gasteiger partial charge in [-0.3, -0.25) is 9.78 Å². The van der Waals surface area contributed by atoms with Crippen molar-refractivity contribution in [3.8, 4) is 0 Å². The second kappa shape index (κ2) is 7.07. The zero-order valence-electron chi connectivity index (χ0n) is 14.1. The zero-order valence-corrected chi connectivity index (χ0v) is 14.9. The number of fused-ring (bicyclic) bond motifs is 1. The highest BCUT2D eigenvalue weighted by atomic mass is 32.2. The van der Waals surface area contributed by atoms with Crippen molar-refractivity contribution in [3.05, 3.63) is 36.7 Å². The highest BCUT2D eigenvalue weighted by Gasteiger charge is 2.29. The quantitative estimate of drug-likeness (QED) is 0.871. The Labute approximate surface area is 147 Å². The van der Waals surface area contributed by atoms with Gasteiger partial charge in [-0.1, -0.05) is 12.1 Å². The lowest BCUT2D eigenvalue weighted by molar-refractivity contribution is -0.132. The second-order valence-electron chi connectivity index (χ2n) is 6.22. The Morgan fingerprint density at radius 2 is 2.00 bits per heavy atom. The molecule has 0 radical (unpaired) electrons. The fourth-order valence-electron chi connectivity index (χ4n) is 3.10. The van der Waals surface area contributed by atoms with E-state index in [0.29, 0.717) is 31.4 Å². The molecule has 1 atom stereocenters. The Kier molecular flexibility index (Phi) is 5.03. The van der Waals surface area contributed by atoms with Crippen LogP contribution in [0.15, 0.2) is 41.6 Å². The van der Waals surface area contributed by atoms with Gasteiger partial charge in [0.25, 0.3) is 0 Å². The number of pyridine rings is 1. The molecule has 134 valence electrons. The first-order valence-electron chi connectivity index (χ1n) is 8.28. The normalized spacial score (nSPS) is 18.1. The van der Waals surface area contributed by atoms with Crippen LogP contribution in [-0.2, 0) is 14.8 Å². The van der Waals surface area contributed by atoms with Crippen LogP contribution in [0.3, 0.4) is 0 Å². The van der Waals surface area contributed by atoms with Crippen LogP contribution in [0.25, 0.3) is 10.8 Å². The van der Waals surface area contributed by atoms with Gasteiger partial charge in [0.15, 0.2) is 0 Å². The monoisotopic (exact) mass is 362 g/mol. The first-order valence-corrected chi connectivity index (χ1v) is 9.72. The van der Waals surface area contributed by atoms with Crippen molar-refractivity contribution in [3.63, 3.8) is 0 Å². The van der Waals surface area contributed by atoms with Gasteiger partial charge in [0.05, 0.1) is 10.9 Å². The van der Waals surface area contributed by atoms with Crippen LogP contribution in [0.5, 0.6) is 0 Å². The molecule has 0 spiro atoms. The lowest BCUT2D eigenvalue weighted by Crippen LogP contribution is -2.44. The van der Waals surface area contributed by atoms with Crippen molar-refractivity contribution in [1.29, 1.82) is 0 Å². The molecule has 1 aromatic heterocycles. The SMILES string of the molecule is C[C@H](N)C(=O)N1CCCN(S(=O)(=O)c2cccc3cnccc23)CC1. The lowest BCUT2D eigenvalue weighted by Gasteiger charge is -2.23. The molecule has 7 nitrogen and oxygen atoms in total. The van der Waals surface area contributed by atoms with E-state index in [2.05, 4.69) is 4.98 Å². The summed E-state index contributed by atoms with van der Waals surface area (Å²) in [5, 5.41) is 1.44. The number of benzene rings is 1. The number of nitrogens with two attached hydrogens (primary N) is 1. The van der Waals surface area contributed by atoms with E-state index >= 15 is 0 Å². The molecule has 3 rings (SSSR count). The third-order valence-corrected chi connectivity index (χ3v) is 6.37. The summed E-state index contributed by atoms with van der Waals surface area (Å²) in [5.41, 5.74) is 5.66. The van der Waals surface area contributed by atoms with Crippen molar-refractivity contribution in [1.82, 2.24) is 14.2 Å². The molecule has 0 bridgehead atoms. The molecular formula is C17H22N4O3S. The predicted molar refractivity (Wildman–Crippen MR) is 95.3 cm³/mol. The molecule has 1 aliphatic heterocycles. The maximum Gasteiger partial charge on any atom is 0.243 e. The van der Waals surface area contributed by atoms with E-state index in [1.165, 1.54) is 4.31 Å². The van der Waals surface area contributed by atoms with E-state index < -0.39 is 16.1 Å². The highest BCUT2D eigenvalue weighted by Crippen LogP contribution is 2.25. The number of aromatic nitrogens is 1. The van der Waals surface area contributed by atoms with Gasteiger partial charge in [-0.05, 0) is 25.5 Å². The van der Waals surface area contributed by atoms with Gasteiger partial charge in [-0.15, -0.1) is 0 Å². The number of carbonyl (C=O) groups excluding carboxylic acids is 1. The van der Waals surface area contributed by atoms with E-state index in [1.54, 1.807) is 42.4 Å². The second-order valence-corrected chi connectivity index (χ2v) is 8.13. The fourth-order valence-corrected chi connectivity index (χ4v) is 4.78. The molecule has 1 saturated heterocycles. The largest absolute Gasteiger partial charge is 0.340 e. The number of rotatable bonds is 3. The van der Waals surface area contributed by atoms with Crippen LogP contribution in [0, 0.1) is 0 Å². The summed E-state index contributed by atoms with van der Waals surface area (Å²) in [7, 11) is -3.65. The minimum absolute atomic E-state index is 0.143. The van der Waals surface area contributed by atoms with Gasteiger partial charge in [-0.25, -0.2) is 8.42 Å². The van der Waals surface area contributed by atoms with E-state index in [4.69, 9.17) is 5.73 Å². The standard InChI is InChI=1S/C17H22N4O3S/c1-13(18)17(22)20-8-3-9-21(11-10-20)25(23,24)16-5-2-4-14-12-19-7-6-15(14)16/h2,4-7,12-13H,3,8-11,18H2,1H3/t13-/m0/s1. The van der Waals surface area contributed by atoms with E-state index in [0.717, 1.165) is 5.39 Å². The average molecular weight is 362 g/mol. The molecule has 0 unspecified atom stereocenters. The van der Waals surface area contributed by atoms with E-state index in [1.807, 2.05) is 6.07 Å². The van der Waals surface area contributed by atoms with Crippen LogP contribution in [0.1, 0.15) is 13.3 Å². The number of nitrogens with zero attached hydrogens (tertiary/aromatic N) is 3.